The number of carbonyl (C=O) groups is 1. The summed E-state index contributed by atoms with van der Waals surface area (Å²) in [4.78, 5) is 14.2. The van der Waals surface area contributed by atoms with Gasteiger partial charge in [0.15, 0.2) is 6.61 Å². The highest BCUT2D eigenvalue weighted by molar-refractivity contribution is 6.30. The molecule has 0 bridgehead atoms. The first-order valence-corrected chi connectivity index (χ1v) is 9.95. The number of rotatable bonds is 6. The molecule has 0 atom stereocenters. The fourth-order valence-electron chi connectivity index (χ4n) is 3.36. The second kappa shape index (κ2) is 8.79. The molecule has 158 valence electrons. The monoisotopic (exact) mass is 427 g/mol. The van der Waals surface area contributed by atoms with Crippen molar-refractivity contribution in [2.45, 2.75) is 26.3 Å². The summed E-state index contributed by atoms with van der Waals surface area (Å²) in [6.07, 6.45) is 3.81. The van der Waals surface area contributed by atoms with Gasteiger partial charge in [-0.15, -0.1) is 0 Å². The first-order valence-electron chi connectivity index (χ1n) is 9.57. The lowest BCUT2D eigenvalue weighted by Crippen LogP contribution is -2.42. The highest BCUT2D eigenvalue weighted by Gasteiger charge is 2.29. The number of allylic oxidation sites excluding steroid dienone is 1. The molecule has 0 spiro atoms. The molecule has 30 heavy (non-hydrogen) atoms. The van der Waals surface area contributed by atoms with Crippen LogP contribution in [0, 0.1) is 0 Å². The second-order valence-electron chi connectivity index (χ2n) is 7.69. The number of carbonyl (C=O) groups excluding carboxylic acids is 1. The Bertz CT molecular complexity index is 997. The molecule has 0 saturated heterocycles. The van der Waals surface area contributed by atoms with Gasteiger partial charge >= 0.3 is 0 Å². The molecule has 0 radical (unpaired) electrons. The van der Waals surface area contributed by atoms with Crippen LogP contribution in [0.2, 0.25) is 5.02 Å². The number of hydrogen-bond acceptors (Lipinski definition) is 5. The Balaban J connectivity index is 1.70. The van der Waals surface area contributed by atoms with E-state index in [0.29, 0.717) is 16.5 Å². The van der Waals surface area contributed by atoms with E-state index in [1.807, 2.05) is 12.1 Å². The zero-order valence-corrected chi connectivity index (χ0v) is 18.6. The number of halogens is 1. The van der Waals surface area contributed by atoms with E-state index in [2.05, 4.69) is 49.3 Å². The maximum atomic E-state index is 12.0. The normalized spacial score (nSPS) is 14.9. The number of nitrogens with zero attached hydrogens (tertiary/aromatic N) is 2. The molecule has 0 saturated carbocycles. The minimum atomic E-state index is -0.365. The summed E-state index contributed by atoms with van der Waals surface area (Å²) in [5.41, 5.74) is 6.55. The van der Waals surface area contributed by atoms with E-state index in [0.717, 1.165) is 16.8 Å². The number of hydrogen-bond donors (Lipinski definition) is 1. The fraction of sp³-hybridized carbons (Fsp3) is 0.304. The molecule has 7 heteroatoms. The van der Waals surface area contributed by atoms with Crippen molar-refractivity contribution in [1.82, 2.24) is 5.43 Å². The zero-order chi connectivity index (χ0) is 21.9. The highest BCUT2D eigenvalue weighted by Crippen LogP contribution is 2.40. The standard InChI is InChI=1S/C23H26ClN3O3/c1-15-12-23(2,3)27(4)20-11-21(29-5)16(10-19(15)20)13-25-26-22(28)14-30-18-8-6-17(24)7-9-18/h6-13H,14H2,1-5H3,(H,26,28)/b25-13-. The van der Waals surface area contributed by atoms with E-state index >= 15 is 0 Å². The molecule has 1 aliphatic heterocycles. The molecule has 1 amide bonds. The van der Waals surface area contributed by atoms with Crippen molar-refractivity contribution < 1.29 is 14.3 Å². The minimum absolute atomic E-state index is 0.0875. The van der Waals surface area contributed by atoms with Crippen molar-refractivity contribution in [2.24, 2.45) is 5.10 Å². The van der Waals surface area contributed by atoms with Gasteiger partial charge in [0, 0.05) is 35.0 Å². The van der Waals surface area contributed by atoms with E-state index in [-0.39, 0.29) is 18.1 Å². The van der Waals surface area contributed by atoms with Crippen molar-refractivity contribution in [3.05, 3.63) is 58.6 Å². The van der Waals surface area contributed by atoms with Crippen molar-refractivity contribution in [3.63, 3.8) is 0 Å². The molecule has 2 aromatic rings. The van der Waals surface area contributed by atoms with Gasteiger partial charge in [-0.05, 0) is 56.7 Å². The number of fused-ring (bicyclic) bond motifs is 1. The van der Waals surface area contributed by atoms with Crippen molar-refractivity contribution in [1.29, 1.82) is 0 Å². The Morgan fingerprint density at radius 3 is 2.63 bits per heavy atom. The van der Waals surface area contributed by atoms with Crippen LogP contribution in [-0.4, -0.2) is 38.4 Å². The van der Waals surface area contributed by atoms with Crippen molar-refractivity contribution in [3.8, 4) is 11.5 Å². The maximum absolute atomic E-state index is 12.0. The van der Waals surface area contributed by atoms with Crippen LogP contribution in [0.15, 0.2) is 47.6 Å². The minimum Gasteiger partial charge on any atom is -0.496 e. The zero-order valence-electron chi connectivity index (χ0n) is 17.8. The number of benzene rings is 2. The van der Waals surface area contributed by atoms with Crippen LogP contribution in [0.5, 0.6) is 11.5 Å². The van der Waals surface area contributed by atoms with Gasteiger partial charge in [-0.2, -0.15) is 5.10 Å². The first-order chi connectivity index (χ1) is 14.2. The third-order valence-electron chi connectivity index (χ3n) is 5.14. The Labute approximate surface area is 182 Å². The third-order valence-corrected chi connectivity index (χ3v) is 5.40. The van der Waals surface area contributed by atoms with Gasteiger partial charge in [0.05, 0.1) is 18.9 Å². The van der Waals surface area contributed by atoms with E-state index in [9.17, 15) is 4.79 Å². The SMILES string of the molecule is COc1cc2c(cc1/C=N\NC(=O)COc1ccc(Cl)cc1)C(C)=CC(C)(C)N2C. The second-order valence-corrected chi connectivity index (χ2v) is 8.12. The molecule has 6 nitrogen and oxygen atoms in total. The van der Waals surface area contributed by atoms with Crippen LogP contribution >= 0.6 is 11.6 Å². The van der Waals surface area contributed by atoms with Crippen LogP contribution in [0.3, 0.4) is 0 Å². The Hall–Kier alpha value is -2.99. The first kappa shape index (κ1) is 21.7. The van der Waals surface area contributed by atoms with Gasteiger partial charge in [-0.25, -0.2) is 5.43 Å². The summed E-state index contributed by atoms with van der Waals surface area (Å²) >= 11 is 5.83. The number of methoxy groups -OCH3 is 1. The number of likely N-dealkylation sites (N-methyl/N-ethyl adjacent to an activating group) is 1. The van der Waals surface area contributed by atoms with Crippen LogP contribution in [0.4, 0.5) is 5.69 Å². The number of nitrogens with one attached hydrogen (secondary N) is 1. The predicted octanol–water partition coefficient (Wildman–Crippen LogP) is 4.51. The van der Waals surface area contributed by atoms with Gasteiger partial charge in [0.1, 0.15) is 11.5 Å². The van der Waals surface area contributed by atoms with Crippen LogP contribution < -0.4 is 19.8 Å². The summed E-state index contributed by atoms with van der Waals surface area (Å²) in [5.74, 6) is 0.876. The molecule has 1 aliphatic rings. The van der Waals surface area contributed by atoms with Crippen LogP contribution in [-0.2, 0) is 4.79 Å². The number of ether oxygens (including phenoxy) is 2. The Kier molecular flexibility index (Phi) is 6.37. The summed E-state index contributed by atoms with van der Waals surface area (Å²) in [5, 5.41) is 4.67. The summed E-state index contributed by atoms with van der Waals surface area (Å²) in [7, 11) is 3.68. The topological polar surface area (TPSA) is 63.2 Å². The van der Waals surface area contributed by atoms with Crippen LogP contribution in [0.1, 0.15) is 31.9 Å². The largest absolute Gasteiger partial charge is 0.496 e. The Morgan fingerprint density at radius 1 is 1.27 bits per heavy atom. The van der Waals surface area contributed by atoms with E-state index < -0.39 is 0 Å². The van der Waals surface area contributed by atoms with Crippen molar-refractivity contribution in [2.75, 3.05) is 25.7 Å². The summed E-state index contributed by atoms with van der Waals surface area (Å²) < 4.78 is 11.0. The van der Waals surface area contributed by atoms with Gasteiger partial charge in [-0.1, -0.05) is 17.7 Å². The molecule has 0 aliphatic carbocycles. The van der Waals surface area contributed by atoms with E-state index in [4.69, 9.17) is 21.1 Å². The van der Waals surface area contributed by atoms with Crippen LogP contribution in [0.25, 0.3) is 5.57 Å². The molecule has 1 heterocycles. The predicted molar refractivity (Wildman–Crippen MR) is 122 cm³/mol. The average Bonchev–Trinajstić information content (AvgIpc) is 2.71. The number of anilines is 1. The molecule has 2 aromatic carbocycles. The fourth-order valence-corrected chi connectivity index (χ4v) is 3.48. The highest BCUT2D eigenvalue weighted by atomic mass is 35.5. The number of amides is 1. The smallest absolute Gasteiger partial charge is 0.277 e. The van der Waals surface area contributed by atoms with E-state index in [1.165, 1.54) is 5.57 Å². The van der Waals surface area contributed by atoms with E-state index in [1.54, 1.807) is 37.6 Å². The average molecular weight is 428 g/mol. The Morgan fingerprint density at radius 2 is 1.97 bits per heavy atom. The van der Waals surface area contributed by atoms with Crippen molar-refractivity contribution >= 4 is 35.0 Å². The molecule has 1 N–H and O–H groups in total. The van der Waals surface area contributed by atoms with Gasteiger partial charge in [0.25, 0.3) is 5.91 Å². The molecular weight excluding hydrogens is 402 g/mol. The lowest BCUT2D eigenvalue weighted by Gasteiger charge is -2.40. The van der Waals surface area contributed by atoms with Gasteiger partial charge in [-0.3, -0.25) is 4.79 Å². The summed E-state index contributed by atoms with van der Waals surface area (Å²) in [6, 6.07) is 10.8. The third kappa shape index (κ3) is 4.76. The lowest BCUT2D eigenvalue weighted by atomic mass is 9.88. The maximum Gasteiger partial charge on any atom is 0.277 e. The molecule has 3 rings (SSSR count). The van der Waals surface area contributed by atoms with Gasteiger partial charge in [0.2, 0.25) is 0 Å². The molecule has 0 unspecified atom stereocenters. The summed E-state index contributed by atoms with van der Waals surface area (Å²) in [6.45, 7) is 6.28. The van der Waals surface area contributed by atoms with Gasteiger partial charge < -0.3 is 14.4 Å². The number of hydrazone groups is 1. The molecular formula is C23H26ClN3O3. The molecule has 0 aromatic heterocycles. The lowest BCUT2D eigenvalue weighted by molar-refractivity contribution is -0.123. The quantitative estimate of drug-likeness (QED) is 0.544. The molecule has 0 fully saturated rings.